The van der Waals surface area contributed by atoms with E-state index in [1.54, 1.807) is 25.3 Å². The lowest BCUT2D eigenvalue weighted by Crippen LogP contribution is -2.29. The number of rotatable bonds is 4. The quantitative estimate of drug-likeness (QED) is 0.915. The molecule has 0 atom stereocenters. The van der Waals surface area contributed by atoms with E-state index >= 15 is 0 Å². The molecule has 0 aliphatic carbocycles. The Morgan fingerprint density at radius 2 is 2.18 bits per heavy atom. The summed E-state index contributed by atoms with van der Waals surface area (Å²) in [6.45, 7) is 3.73. The van der Waals surface area contributed by atoms with Gasteiger partial charge < -0.3 is 10.1 Å². The SMILES string of the molecule is COC(C)(C)CC(=O)Nc1ccc(Cl)cc1Br. The van der Waals surface area contributed by atoms with Gasteiger partial charge in [-0.05, 0) is 48.0 Å². The predicted molar refractivity (Wildman–Crippen MR) is 73.5 cm³/mol. The van der Waals surface area contributed by atoms with Crippen LogP contribution in [0, 0.1) is 0 Å². The third-order valence-corrected chi connectivity index (χ3v) is 3.24. The van der Waals surface area contributed by atoms with Crippen molar-refractivity contribution in [3.8, 4) is 0 Å². The van der Waals surface area contributed by atoms with Crippen LogP contribution in [-0.2, 0) is 9.53 Å². The first-order valence-electron chi connectivity index (χ1n) is 5.14. The highest BCUT2D eigenvalue weighted by molar-refractivity contribution is 9.10. The number of methoxy groups -OCH3 is 1. The molecule has 1 aromatic rings. The van der Waals surface area contributed by atoms with Crippen molar-refractivity contribution in [3.05, 3.63) is 27.7 Å². The molecule has 3 nitrogen and oxygen atoms in total. The lowest BCUT2D eigenvalue weighted by atomic mass is 10.0. The Balaban J connectivity index is 2.69. The van der Waals surface area contributed by atoms with Crippen molar-refractivity contribution >= 4 is 39.1 Å². The highest BCUT2D eigenvalue weighted by Crippen LogP contribution is 2.26. The molecule has 1 aromatic carbocycles. The molecular formula is C12H15BrClNO2. The van der Waals surface area contributed by atoms with E-state index in [1.165, 1.54) is 0 Å². The Morgan fingerprint density at radius 3 is 2.71 bits per heavy atom. The lowest BCUT2D eigenvalue weighted by Gasteiger charge is -2.22. The fraction of sp³-hybridized carbons (Fsp3) is 0.417. The summed E-state index contributed by atoms with van der Waals surface area (Å²) >= 11 is 9.16. The first-order valence-corrected chi connectivity index (χ1v) is 6.31. The molecule has 1 N–H and O–H groups in total. The summed E-state index contributed by atoms with van der Waals surface area (Å²) in [7, 11) is 1.59. The third kappa shape index (κ3) is 4.66. The Bertz CT molecular complexity index is 421. The van der Waals surface area contributed by atoms with Crippen molar-refractivity contribution in [2.45, 2.75) is 25.9 Å². The molecule has 0 spiro atoms. The van der Waals surface area contributed by atoms with E-state index < -0.39 is 5.60 Å². The number of hydrogen-bond donors (Lipinski definition) is 1. The molecule has 94 valence electrons. The number of benzene rings is 1. The van der Waals surface area contributed by atoms with Gasteiger partial charge in [-0.3, -0.25) is 4.79 Å². The second kappa shape index (κ2) is 5.85. The van der Waals surface area contributed by atoms with Crippen LogP contribution in [0.4, 0.5) is 5.69 Å². The zero-order chi connectivity index (χ0) is 13.1. The number of carbonyl (C=O) groups is 1. The Kier molecular flexibility index (Phi) is 4.98. The predicted octanol–water partition coefficient (Wildman–Crippen LogP) is 3.86. The molecule has 0 unspecified atom stereocenters. The van der Waals surface area contributed by atoms with E-state index in [2.05, 4.69) is 21.2 Å². The van der Waals surface area contributed by atoms with Gasteiger partial charge >= 0.3 is 0 Å². The van der Waals surface area contributed by atoms with Crippen LogP contribution in [0.25, 0.3) is 0 Å². The minimum absolute atomic E-state index is 0.0973. The van der Waals surface area contributed by atoms with Crippen molar-refractivity contribution in [1.82, 2.24) is 0 Å². The fourth-order valence-corrected chi connectivity index (χ4v) is 2.03. The second-order valence-electron chi connectivity index (χ2n) is 4.31. The average molecular weight is 321 g/mol. The van der Waals surface area contributed by atoms with Crippen molar-refractivity contribution in [2.75, 3.05) is 12.4 Å². The summed E-state index contributed by atoms with van der Waals surface area (Å²) < 4.78 is 5.96. The molecular weight excluding hydrogens is 305 g/mol. The summed E-state index contributed by atoms with van der Waals surface area (Å²) in [6.07, 6.45) is 0.290. The van der Waals surface area contributed by atoms with E-state index in [4.69, 9.17) is 16.3 Å². The maximum atomic E-state index is 11.8. The molecule has 0 aliphatic rings. The first kappa shape index (κ1) is 14.5. The summed E-state index contributed by atoms with van der Waals surface area (Å²) in [5, 5.41) is 3.42. The summed E-state index contributed by atoms with van der Waals surface area (Å²) in [6, 6.07) is 5.21. The molecule has 0 saturated heterocycles. The number of ether oxygens (including phenoxy) is 1. The van der Waals surface area contributed by atoms with E-state index in [-0.39, 0.29) is 5.91 Å². The van der Waals surface area contributed by atoms with Crippen LogP contribution in [0.5, 0.6) is 0 Å². The fourth-order valence-electron chi connectivity index (χ4n) is 1.24. The van der Waals surface area contributed by atoms with E-state index in [9.17, 15) is 4.79 Å². The molecule has 0 radical (unpaired) electrons. The number of halogens is 2. The lowest BCUT2D eigenvalue weighted by molar-refractivity contribution is -0.121. The Morgan fingerprint density at radius 1 is 1.53 bits per heavy atom. The molecule has 1 rings (SSSR count). The van der Waals surface area contributed by atoms with Gasteiger partial charge in [-0.1, -0.05) is 11.6 Å². The molecule has 0 saturated carbocycles. The third-order valence-electron chi connectivity index (χ3n) is 2.34. The van der Waals surface area contributed by atoms with E-state index in [0.717, 1.165) is 4.47 Å². The maximum absolute atomic E-state index is 11.8. The van der Waals surface area contributed by atoms with Gasteiger partial charge in [-0.15, -0.1) is 0 Å². The minimum atomic E-state index is -0.469. The van der Waals surface area contributed by atoms with Crippen LogP contribution in [0.3, 0.4) is 0 Å². The van der Waals surface area contributed by atoms with Crippen LogP contribution < -0.4 is 5.32 Å². The average Bonchev–Trinajstić information content (AvgIpc) is 2.21. The molecule has 17 heavy (non-hydrogen) atoms. The van der Waals surface area contributed by atoms with Crippen molar-refractivity contribution in [2.24, 2.45) is 0 Å². The highest BCUT2D eigenvalue weighted by atomic mass is 79.9. The standard InChI is InChI=1S/C12H15BrClNO2/c1-12(2,17-3)7-11(16)15-10-5-4-8(14)6-9(10)13/h4-6H,7H2,1-3H3,(H,15,16). The second-order valence-corrected chi connectivity index (χ2v) is 5.60. The summed E-state index contributed by atoms with van der Waals surface area (Å²) in [4.78, 5) is 11.8. The van der Waals surface area contributed by atoms with Gasteiger partial charge in [-0.25, -0.2) is 0 Å². The van der Waals surface area contributed by atoms with Gasteiger partial charge in [0.1, 0.15) is 0 Å². The van der Waals surface area contributed by atoms with Crippen molar-refractivity contribution in [3.63, 3.8) is 0 Å². The molecule has 0 bridgehead atoms. The zero-order valence-corrected chi connectivity index (χ0v) is 12.4. The van der Waals surface area contributed by atoms with Crippen LogP contribution in [-0.4, -0.2) is 18.6 Å². The monoisotopic (exact) mass is 319 g/mol. The topological polar surface area (TPSA) is 38.3 Å². The van der Waals surface area contributed by atoms with Gasteiger partial charge in [0.15, 0.2) is 0 Å². The Labute approximate surface area is 115 Å². The van der Waals surface area contributed by atoms with Crippen molar-refractivity contribution < 1.29 is 9.53 Å². The van der Waals surface area contributed by atoms with Crippen LogP contribution in [0.2, 0.25) is 5.02 Å². The maximum Gasteiger partial charge on any atom is 0.227 e. The van der Waals surface area contributed by atoms with E-state index in [0.29, 0.717) is 17.1 Å². The highest BCUT2D eigenvalue weighted by Gasteiger charge is 2.21. The minimum Gasteiger partial charge on any atom is -0.378 e. The van der Waals surface area contributed by atoms with E-state index in [1.807, 2.05) is 13.8 Å². The number of hydrogen-bond acceptors (Lipinski definition) is 2. The summed E-state index contributed by atoms with van der Waals surface area (Å²) in [5.74, 6) is -0.0973. The Hall–Kier alpha value is -0.580. The molecule has 0 fully saturated rings. The van der Waals surface area contributed by atoms with Gasteiger partial charge in [0.05, 0.1) is 17.7 Å². The van der Waals surface area contributed by atoms with Gasteiger partial charge in [0.25, 0.3) is 0 Å². The van der Waals surface area contributed by atoms with Gasteiger partial charge in [0.2, 0.25) is 5.91 Å². The van der Waals surface area contributed by atoms with Crippen LogP contribution in [0.1, 0.15) is 20.3 Å². The molecule has 0 aromatic heterocycles. The first-order chi connectivity index (χ1) is 7.84. The smallest absolute Gasteiger partial charge is 0.227 e. The van der Waals surface area contributed by atoms with Crippen molar-refractivity contribution in [1.29, 1.82) is 0 Å². The zero-order valence-electron chi connectivity index (χ0n) is 10.0. The molecule has 5 heteroatoms. The number of carbonyl (C=O) groups excluding carboxylic acids is 1. The van der Waals surface area contributed by atoms with Crippen LogP contribution >= 0.6 is 27.5 Å². The molecule has 1 amide bonds. The number of nitrogens with one attached hydrogen (secondary N) is 1. The van der Waals surface area contributed by atoms with Gasteiger partial charge in [0, 0.05) is 16.6 Å². The largest absolute Gasteiger partial charge is 0.378 e. The number of anilines is 1. The van der Waals surface area contributed by atoms with Gasteiger partial charge in [-0.2, -0.15) is 0 Å². The number of amides is 1. The summed E-state index contributed by atoms with van der Waals surface area (Å²) in [5.41, 5.74) is 0.231. The normalized spacial score (nSPS) is 11.4. The molecule has 0 heterocycles. The molecule has 0 aliphatic heterocycles. The van der Waals surface area contributed by atoms with Crippen LogP contribution in [0.15, 0.2) is 22.7 Å².